The summed E-state index contributed by atoms with van der Waals surface area (Å²) < 4.78 is 0. The number of hydrogen-bond acceptors (Lipinski definition) is 18. The van der Waals surface area contributed by atoms with Gasteiger partial charge in [0.1, 0.15) is 39.3 Å². The molecule has 46 heavy (non-hydrogen) atoms. The fraction of sp³-hybridized carbons (Fsp3) is 0.636. The Morgan fingerprint density at radius 1 is 0.391 bits per heavy atom. The molecule has 0 spiro atoms. The van der Waals surface area contributed by atoms with Gasteiger partial charge in [0.15, 0.2) is 0 Å². The van der Waals surface area contributed by atoms with Crippen LogP contribution in [0.1, 0.15) is 12.8 Å². The van der Waals surface area contributed by atoms with Crippen LogP contribution in [0.3, 0.4) is 0 Å². The van der Waals surface area contributed by atoms with Gasteiger partial charge in [0.05, 0.1) is 35.8 Å². The molecule has 0 aromatic rings. The van der Waals surface area contributed by atoms with E-state index in [4.69, 9.17) is 0 Å². The number of rotatable bonds is 24. The molecule has 0 rings (SSSR count). The minimum atomic E-state index is -1.48. The van der Waals surface area contributed by atoms with Crippen molar-refractivity contribution in [2.45, 2.75) is 12.8 Å². The summed E-state index contributed by atoms with van der Waals surface area (Å²) in [6, 6.07) is 0. The molecule has 256 valence electrons. The Labute approximate surface area is 335 Å². The molecule has 0 heterocycles. The third-order valence-corrected chi connectivity index (χ3v) is 5.11. The van der Waals surface area contributed by atoms with Crippen LogP contribution in [-0.4, -0.2) is 212 Å². The zero-order valence-corrected chi connectivity index (χ0v) is 30.4. The summed E-state index contributed by atoms with van der Waals surface area (Å²) >= 11 is 0. The first-order valence-electron chi connectivity index (χ1n) is 12.1. The Morgan fingerprint density at radius 2 is 0.630 bits per heavy atom. The van der Waals surface area contributed by atoms with Gasteiger partial charge in [-0.25, -0.2) is 0 Å². The van der Waals surface area contributed by atoms with Crippen LogP contribution in [-0.2, 0) is 38.4 Å². The van der Waals surface area contributed by atoms with Gasteiger partial charge in [-0.3, -0.25) is 9.80 Å². The van der Waals surface area contributed by atoms with Gasteiger partial charge in [-0.2, -0.15) is 0 Å². The molecule has 0 radical (unpaired) electrons. The number of aliphatic carboxylic acids is 8. The van der Waals surface area contributed by atoms with Gasteiger partial charge in [0.2, 0.25) is 0 Å². The monoisotopic (exact) mass is 756 g/mol. The maximum atomic E-state index is 10.6. The normalized spacial score (nSPS) is 9.83. The summed E-state index contributed by atoms with van der Waals surface area (Å²) in [5, 5.41) is 83.6. The molecule has 0 fully saturated rings. The number of nitrogens with one attached hydrogen (secondary N) is 2. The Hall–Kier alpha value is -1.30. The second kappa shape index (κ2) is 33.6. The zero-order chi connectivity index (χ0) is 32.8. The van der Waals surface area contributed by atoms with Crippen molar-refractivity contribution in [3.8, 4) is 0 Å². The summed E-state index contributed by atoms with van der Waals surface area (Å²) in [6.07, 6.45) is -0.792. The second-order valence-electron chi connectivity index (χ2n) is 8.74. The molecule has 0 aliphatic rings. The van der Waals surface area contributed by atoms with Gasteiger partial charge >= 0.3 is 75.5 Å². The molecular weight excluding hydrogens is 727 g/mol. The minimum Gasteiger partial charge on any atom is -1.00 e. The van der Waals surface area contributed by atoms with Crippen molar-refractivity contribution in [1.82, 2.24) is 9.80 Å². The summed E-state index contributed by atoms with van der Waals surface area (Å²) in [5.41, 5.74) is 0. The quantitative estimate of drug-likeness (QED) is 0.0863. The number of carbonyl (C=O) groups excluding carboxylic acids is 8. The molecule has 0 saturated carbocycles. The number of carbonyl (C=O) groups is 8. The second-order valence-corrected chi connectivity index (χ2v) is 8.74. The molecule has 20 nitrogen and oxygen atoms in total. The van der Waals surface area contributed by atoms with E-state index in [0.717, 1.165) is 0 Å². The summed E-state index contributed by atoms with van der Waals surface area (Å²) in [4.78, 5) is 86.2. The molecule has 0 aromatic carbocycles. The summed E-state index contributed by atoms with van der Waals surface area (Å²) in [6.45, 7) is -3.89. The molecule has 0 aromatic heterocycles. The number of hydrogen-bond donors (Lipinski definition) is 2. The molecule has 0 amide bonds. The van der Waals surface area contributed by atoms with Crippen molar-refractivity contribution >= 4 is 123 Å². The van der Waals surface area contributed by atoms with Crippen LogP contribution in [0.15, 0.2) is 0 Å². The van der Waals surface area contributed by atoms with Crippen molar-refractivity contribution in [2.75, 3.05) is 78.5 Å². The van der Waals surface area contributed by atoms with Crippen LogP contribution in [0.25, 0.3) is 0 Å². The first-order valence-corrected chi connectivity index (χ1v) is 12.1. The van der Waals surface area contributed by atoms with Gasteiger partial charge in [-0.05, 0) is 12.8 Å². The number of quaternary nitrogens is 2. The molecule has 0 bridgehead atoms. The number of nitrogens with zero attached hydrogens (tertiary/aromatic N) is 2. The number of carboxylic acid groups (broad SMARTS) is 8. The summed E-state index contributed by atoms with van der Waals surface area (Å²) in [5.74, 6) is -11.5. The largest absolute Gasteiger partial charge is 2.00 e. The van der Waals surface area contributed by atoms with Crippen molar-refractivity contribution < 1.29 is 114 Å². The average Bonchev–Trinajstić information content (AvgIpc) is 2.80. The first-order chi connectivity index (χ1) is 19.4. The fourth-order valence-corrected chi connectivity index (χ4v) is 3.34. The first kappa shape index (κ1) is 57.0. The zero-order valence-electron chi connectivity index (χ0n) is 24.5. The van der Waals surface area contributed by atoms with Crippen LogP contribution in [0, 0.1) is 0 Å². The van der Waals surface area contributed by atoms with E-state index in [1.54, 1.807) is 0 Å². The van der Waals surface area contributed by atoms with Gasteiger partial charge in [0, 0.05) is 51.2 Å². The van der Waals surface area contributed by atoms with E-state index >= 15 is 0 Å². The Morgan fingerprint density at radius 3 is 0.804 bits per heavy atom. The van der Waals surface area contributed by atoms with Crippen LogP contribution < -0.4 is 75.5 Å². The van der Waals surface area contributed by atoms with Crippen LogP contribution >= 0.6 is 0 Å². The number of halogens is 2. The van der Waals surface area contributed by atoms with Crippen molar-refractivity contribution in [3.63, 3.8) is 0 Å². The van der Waals surface area contributed by atoms with Gasteiger partial charge < -0.3 is 114 Å². The molecule has 2 N–H and O–H groups in total. The molecular formula is C22H30Ca2Cl2N4O16-4. The van der Waals surface area contributed by atoms with E-state index in [1.807, 2.05) is 0 Å². The predicted molar refractivity (Wildman–Crippen MR) is 125 cm³/mol. The van der Waals surface area contributed by atoms with Crippen LogP contribution in [0.2, 0.25) is 0 Å². The maximum absolute atomic E-state index is 10.6. The molecule has 0 unspecified atom stereocenters. The Kier molecular flexibility index (Phi) is 41.6. The smallest absolute Gasteiger partial charge is 1.00 e. The third-order valence-electron chi connectivity index (χ3n) is 5.11. The van der Waals surface area contributed by atoms with Crippen molar-refractivity contribution in [2.24, 2.45) is 0 Å². The van der Waals surface area contributed by atoms with Crippen LogP contribution in [0.5, 0.6) is 0 Å². The SMILES string of the molecule is O=C([O-])CCN(CCN(CCC(=O)[O-])CC(=O)[O-])CC(=O)[O-].O=C([O-])C[NH+](CC[NH+](CC(=O)[O-])CC(=O)[O-])CC(=O)[O-].[Ca+2].[Ca+2].[Cl-].[Cl-]. The van der Waals surface area contributed by atoms with Crippen LogP contribution in [0.4, 0.5) is 0 Å². The van der Waals surface area contributed by atoms with Crippen molar-refractivity contribution in [3.05, 3.63) is 0 Å². The Balaban J connectivity index is -0.000000161. The molecule has 0 aliphatic carbocycles. The standard InChI is InChI=1S/C12H20N2O8.C10H16N2O8.2Ca.2ClH/c15-9(16)1-3-13(7-11(19)20)5-6-14(8-12(21)22)4-2-10(17)18;13-7(14)3-11(4-8(15)16)1-2-12(5-9(17)18)6-10(19)20;;;;/h1-8H2,(H,15,16)(H,17,18)(H,19,20)(H,21,22);1-6H2,(H,13,14)(H,15,16)(H,17,18)(H,19,20);;;2*1H/q;;2*+2;;/p-8. The van der Waals surface area contributed by atoms with E-state index in [-0.39, 0.29) is 149 Å². The number of carboxylic acids is 8. The van der Waals surface area contributed by atoms with E-state index < -0.39 is 99.9 Å². The van der Waals surface area contributed by atoms with Gasteiger partial charge in [0.25, 0.3) is 0 Å². The van der Waals surface area contributed by atoms with Crippen molar-refractivity contribution in [1.29, 1.82) is 0 Å². The fourth-order valence-electron chi connectivity index (χ4n) is 3.34. The predicted octanol–water partition coefficient (Wildman–Crippen LogP) is -23.6. The van der Waals surface area contributed by atoms with E-state index in [0.29, 0.717) is 0 Å². The average molecular weight is 758 g/mol. The van der Waals surface area contributed by atoms with Gasteiger partial charge in [-0.1, -0.05) is 0 Å². The topological polar surface area (TPSA) is 336 Å². The molecule has 0 atom stereocenters. The maximum Gasteiger partial charge on any atom is 2.00 e. The van der Waals surface area contributed by atoms with E-state index in [2.05, 4.69) is 0 Å². The van der Waals surface area contributed by atoms with E-state index in [1.165, 1.54) is 9.80 Å². The van der Waals surface area contributed by atoms with Gasteiger partial charge in [-0.15, -0.1) is 0 Å². The van der Waals surface area contributed by atoms with E-state index in [9.17, 15) is 79.2 Å². The Bertz CT molecular complexity index is 861. The molecule has 24 heteroatoms. The summed E-state index contributed by atoms with van der Waals surface area (Å²) in [7, 11) is 0. The molecule has 0 saturated heterocycles. The minimum absolute atomic E-state index is 0. The molecule has 0 aliphatic heterocycles. The third kappa shape index (κ3) is 40.7.